The summed E-state index contributed by atoms with van der Waals surface area (Å²) in [6.45, 7) is 2.83. The standard InChI is InChI=1S/C13H18FNO3/c1-2-3-10(16)8-15-7-9-4-5-11(13(17)18)12(14)6-9/h4-6,10,15-16H,2-3,7-8H2,1H3,(H,17,18). The van der Waals surface area contributed by atoms with Crippen LogP contribution in [0.3, 0.4) is 0 Å². The van der Waals surface area contributed by atoms with E-state index in [-0.39, 0.29) is 5.56 Å². The molecule has 3 N–H and O–H groups in total. The van der Waals surface area contributed by atoms with E-state index in [0.29, 0.717) is 18.7 Å². The third kappa shape index (κ3) is 4.43. The Morgan fingerprint density at radius 3 is 2.78 bits per heavy atom. The second-order valence-electron chi connectivity index (χ2n) is 4.19. The second kappa shape index (κ2) is 7.08. The van der Waals surface area contributed by atoms with Gasteiger partial charge >= 0.3 is 5.97 Å². The van der Waals surface area contributed by atoms with Crippen LogP contribution in [0.1, 0.15) is 35.7 Å². The maximum absolute atomic E-state index is 13.3. The smallest absolute Gasteiger partial charge is 0.338 e. The largest absolute Gasteiger partial charge is 0.478 e. The molecule has 0 spiro atoms. The summed E-state index contributed by atoms with van der Waals surface area (Å²) in [5.74, 6) is -2.01. The number of benzene rings is 1. The maximum Gasteiger partial charge on any atom is 0.338 e. The minimum absolute atomic E-state index is 0.329. The highest BCUT2D eigenvalue weighted by atomic mass is 19.1. The molecule has 0 aromatic heterocycles. The zero-order valence-corrected chi connectivity index (χ0v) is 10.3. The molecule has 0 aliphatic rings. The van der Waals surface area contributed by atoms with Crippen LogP contribution in [0.5, 0.6) is 0 Å². The van der Waals surface area contributed by atoms with E-state index < -0.39 is 17.9 Å². The van der Waals surface area contributed by atoms with Crippen molar-refractivity contribution in [1.82, 2.24) is 5.32 Å². The fraction of sp³-hybridized carbons (Fsp3) is 0.462. The number of carbonyl (C=O) groups is 1. The lowest BCUT2D eigenvalue weighted by Gasteiger charge is -2.10. The molecule has 0 aliphatic carbocycles. The molecule has 1 atom stereocenters. The van der Waals surface area contributed by atoms with Crippen molar-refractivity contribution in [2.45, 2.75) is 32.4 Å². The molecule has 4 nitrogen and oxygen atoms in total. The number of hydrogen-bond acceptors (Lipinski definition) is 3. The van der Waals surface area contributed by atoms with Gasteiger partial charge in [-0.1, -0.05) is 19.4 Å². The number of carboxylic acids is 1. The molecule has 0 bridgehead atoms. The van der Waals surface area contributed by atoms with Crippen LogP contribution in [0, 0.1) is 5.82 Å². The number of hydrogen-bond donors (Lipinski definition) is 3. The predicted molar refractivity (Wildman–Crippen MR) is 66.0 cm³/mol. The van der Waals surface area contributed by atoms with Crippen LogP contribution in [0.15, 0.2) is 18.2 Å². The quantitative estimate of drug-likeness (QED) is 0.694. The molecular formula is C13H18FNO3. The Kier molecular flexibility index (Phi) is 5.74. The van der Waals surface area contributed by atoms with Gasteiger partial charge in [0.25, 0.3) is 0 Å². The summed E-state index contributed by atoms with van der Waals surface area (Å²) in [6.07, 6.45) is 1.22. The van der Waals surface area contributed by atoms with Gasteiger partial charge in [-0.25, -0.2) is 9.18 Å². The number of aliphatic hydroxyl groups excluding tert-OH is 1. The van der Waals surface area contributed by atoms with E-state index in [4.69, 9.17) is 5.11 Å². The van der Waals surface area contributed by atoms with Crippen LogP contribution in [0.4, 0.5) is 4.39 Å². The molecule has 0 radical (unpaired) electrons. The van der Waals surface area contributed by atoms with E-state index in [2.05, 4.69) is 5.32 Å². The topological polar surface area (TPSA) is 69.6 Å². The monoisotopic (exact) mass is 255 g/mol. The molecule has 0 fully saturated rings. The molecule has 100 valence electrons. The third-order valence-electron chi connectivity index (χ3n) is 2.59. The van der Waals surface area contributed by atoms with E-state index in [1.165, 1.54) is 12.1 Å². The van der Waals surface area contributed by atoms with Crippen LogP contribution in [0.25, 0.3) is 0 Å². The van der Waals surface area contributed by atoms with Gasteiger partial charge in [0, 0.05) is 13.1 Å². The SMILES string of the molecule is CCCC(O)CNCc1ccc(C(=O)O)c(F)c1. The summed E-state index contributed by atoms with van der Waals surface area (Å²) >= 11 is 0. The predicted octanol–water partition coefficient (Wildman–Crippen LogP) is 1.77. The molecule has 1 aromatic carbocycles. The van der Waals surface area contributed by atoms with Gasteiger partial charge in [0.15, 0.2) is 0 Å². The number of aliphatic hydroxyl groups is 1. The van der Waals surface area contributed by atoms with Gasteiger partial charge < -0.3 is 15.5 Å². The Bertz CT molecular complexity index is 409. The van der Waals surface area contributed by atoms with Gasteiger partial charge in [-0.2, -0.15) is 0 Å². The van der Waals surface area contributed by atoms with E-state index >= 15 is 0 Å². The average molecular weight is 255 g/mol. The summed E-state index contributed by atoms with van der Waals surface area (Å²) in [7, 11) is 0. The van der Waals surface area contributed by atoms with Crippen molar-refractivity contribution in [2.75, 3.05) is 6.54 Å². The van der Waals surface area contributed by atoms with Crippen LogP contribution in [0.2, 0.25) is 0 Å². The van der Waals surface area contributed by atoms with Gasteiger partial charge in [-0.3, -0.25) is 0 Å². The van der Waals surface area contributed by atoms with Crippen LogP contribution < -0.4 is 5.32 Å². The van der Waals surface area contributed by atoms with Crippen molar-refractivity contribution in [3.63, 3.8) is 0 Å². The minimum atomic E-state index is -1.27. The van der Waals surface area contributed by atoms with Crippen LogP contribution in [-0.4, -0.2) is 28.8 Å². The van der Waals surface area contributed by atoms with Gasteiger partial charge in [-0.05, 0) is 24.1 Å². The number of rotatable bonds is 7. The zero-order valence-electron chi connectivity index (χ0n) is 10.3. The van der Waals surface area contributed by atoms with Gasteiger partial charge in [0.05, 0.1) is 11.7 Å². The molecule has 0 amide bonds. The summed E-state index contributed by atoms with van der Waals surface area (Å²) in [6, 6.07) is 4.01. The van der Waals surface area contributed by atoms with Crippen LogP contribution >= 0.6 is 0 Å². The summed E-state index contributed by atoms with van der Waals surface area (Å²) in [4.78, 5) is 10.6. The van der Waals surface area contributed by atoms with Gasteiger partial charge in [0.1, 0.15) is 5.82 Å². The van der Waals surface area contributed by atoms with Crippen molar-refractivity contribution < 1.29 is 19.4 Å². The second-order valence-corrected chi connectivity index (χ2v) is 4.19. The maximum atomic E-state index is 13.3. The molecule has 0 aliphatic heterocycles. The Morgan fingerprint density at radius 1 is 1.50 bits per heavy atom. The molecule has 0 saturated heterocycles. The summed E-state index contributed by atoms with van der Waals surface area (Å²) in [5.41, 5.74) is 0.325. The zero-order chi connectivity index (χ0) is 13.5. The fourth-order valence-corrected chi connectivity index (χ4v) is 1.66. The van der Waals surface area contributed by atoms with E-state index in [0.717, 1.165) is 12.8 Å². The highest BCUT2D eigenvalue weighted by Crippen LogP contribution is 2.10. The first kappa shape index (κ1) is 14.6. The lowest BCUT2D eigenvalue weighted by molar-refractivity contribution is 0.0692. The number of carboxylic acid groups (broad SMARTS) is 1. The van der Waals surface area contributed by atoms with Crippen molar-refractivity contribution in [3.8, 4) is 0 Å². The summed E-state index contributed by atoms with van der Waals surface area (Å²) in [5, 5.41) is 21.2. The highest BCUT2D eigenvalue weighted by Gasteiger charge is 2.10. The number of halogens is 1. The van der Waals surface area contributed by atoms with Gasteiger partial charge in [-0.15, -0.1) is 0 Å². The van der Waals surface area contributed by atoms with Gasteiger partial charge in [0.2, 0.25) is 0 Å². The van der Waals surface area contributed by atoms with Crippen molar-refractivity contribution in [2.24, 2.45) is 0 Å². The number of nitrogens with one attached hydrogen (secondary N) is 1. The van der Waals surface area contributed by atoms with Crippen LogP contribution in [-0.2, 0) is 6.54 Å². The molecule has 1 rings (SSSR count). The molecule has 1 unspecified atom stereocenters. The highest BCUT2D eigenvalue weighted by molar-refractivity contribution is 5.87. The Balaban J connectivity index is 2.49. The average Bonchev–Trinajstić information content (AvgIpc) is 2.29. The van der Waals surface area contributed by atoms with Crippen molar-refractivity contribution in [1.29, 1.82) is 0 Å². The molecule has 0 heterocycles. The Morgan fingerprint density at radius 2 is 2.22 bits per heavy atom. The first-order chi connectivity index (χ1) is 8.54. The number of aromatic carboxylic acids is 1. The first-order valence-corrected chi connectivity index (χ1v) is 5.95. The molecular weight excluding hydrogens is 237 g/mol. The molecule has 1 aromatic rings. The third-order valence-corrected chi connectivity index (χ3v) is 2.59. The van der Waals surface area contributed by atoms with Crippen molar-refractivity contribution in [3.05, 3.63) is 35.1 Å². The Hall–Kier alpha value is -1.46. The van der Waals surface area contributed by atoms with E-state index in [1.807, 2.05) is 6.92 Å². The lowest BCUT2D eigenvalue weighted by Crippen LogP contribution is -2.26. The molecule has 5 heteroatoms. The summed E-state index contributed by atoms with van der Waals surface area (Å²) < 4.78 is 13.3. The van der Waals surface area contributed by atoms with E-state index in [9.17, 15) is 14.3 Å². The molecule has 0 saturated carbocycles. The lowest BCUT2D eigenvalue weighted by atomic mass is 10.1. The first-order valence-electron chi connectivity index (χ1n) is 5.95. The van der Waals surface area contributed by atoms with E-state index in [1.54, 1.807) is 6.07 Å². The Labute approximate surface area is 105 Å². The minimum Gasteiger partial charge on any atom is -0.478 e. The molecule has 18 heavy (non-hydrogen) atoms. The normalized spacial score (nSPS) is 12.4. The fourth-order valence-electron chi connectivity index (χ4n) is 1.66. The van der Waals surface area contributed by atoms with Crippen molar-refractivity contribution >= 4 is 5.97 Å².